The summed E-state index contributed by atoms with van der Waals surface area (Å²) in [4.78, 5) is 35.2. The van der Waals surface area contributed by atoms with Crippen LogP contribution in [0.2, 0.25) is 0 Å². The van der Waals surface area contributed by atoms with Gasteiger partial charge in [-0.05, 0) is 18.2 Å². The highest BCUT2D eigenvalue weighted by molar-refractivity contribution is 5.98. The second-order valence-corrected chi connectivity index (χ2v) is 6.90. The molecule has 0 amide bonds. The maximum Gasteiger partial charge on any atom is 0.306 e. The minimum Gasteiger partial charge on any atom is -0.486 e. The molecule has 10 nitrogen and oxygen atoms in total. The average molecular weight is 429 g/mol. The number of Topliss-reactive ketones (excluding diaryl/α,β-unsaturated/α-hetero) is 1. The highest BCUT2D eigenvalue weighted by atomic mass is 16.7. The summed E-state index contributed by atoms with van der Waals surface area (Å²) in [6.07, 6.45) is -0.176. The number of non-ortho nitro benzene ring substituents is 1. The SMILES string of the molecule is O=C(CCC(=O)c1ccc2c(c1)OCCO2)OCc1cc([N+](=O)[O-])cc2c1OCOC2. The zero-order valence-electron chi connectivity index (χ0n) is 16.5. The minimum absolute atomic E-state index is 0.00971. The third-order valence-corrected chi connectivity index (χ3v) is 4.79. The number of rotatable bonds is 7. The van der Waals surface area contributed by atoms with Crippen LogP contribution in [0.1, 0.15) is 34.3 Å². The van der Waals surface area contributed by atoms with Crippen LogP contribution in [-0.4, -0.2) is 36.7 Å². The molecular formula is C21H19NO9. The molecule has 4 rings (SSSR count). The molecule has 2 aliphatic rings. The Kier molecular flexibility index (Phi) is 5.99. The van der Waals surface area contributed by atoms with Crippen molar-refractivity contribution in [2.24, 2.45) is 0 Å². The summed E-state index contributed by atoms with van der Waals surface area (Å²) in [5, 5.41) is 11.1. The molecule has 162 valence electrons. The Balaban J connectivity index is 1.35. The largest absolute Gasteiger partial charge is 0.486 e. The van der Waals surface area contributed by atoms with Gasteiger partial charge in [0, 0.05) is 35.2 Å². The molecule has 0 spiro atoms. The molecule has 0 saturated heterocycles. The van der Waals surface area contributed by atoms with Gasteiger partial charge in [0.15, 0.2) is 24.1 Å². The van der Waals surface area contributed by atoms with Crippen molar-refractivity contribution in [2.75, 3.05) is 20.0 Å². The van der Waals surface area contributed by atoms with E-state index >= 15 is 0 Å². The lowest BCUT2D eigenvalue weighted by atomic mass is 10.1. The molecule has 2 aromatic rings. The third-order valence-electron chi connectivity index (χ3n) is 4.79. The van der Waals surface area contributed by atoms with E-state index in [9.17, 15) is 19.7 Å². The van der Waals surface area contributed by atoms with Crippen LogP contribution >= 0.6 is 0 Å². The van der Waals surface area contributed by atoms with Gasteiger partial charge in [-0.2, -0.15) is 0 Å². The summed E-state index contributed by atoms with van der Waals surface area (Å²) < 4.78 is 26.7. The fourth-order valence-electron chi connectivity index (χ4n) is 3.30. The number of benzene rings is 2. The maximum atomic E-state index is 12.4. The molecule has 0 atom stereocenters. The van der Waals surface area contributed by atoms with E-state index in [0.717, 1.165) is 0 Å². The van der Waals surface area contributed by atoms with Crippen molar-refractivity contribution in [3.63, 3.8) is 0 Å². The van der Waals surface area contributed by atoms with E-state index in [1.54, 1.807) is 18.2 Å². The summed E-state index contributed by atoms with van der Waals surface area (Å²) in [5.74, 6) is 0.659. The van der Waals surface area contributed by atoms with Gasteiger partial charge in [0.25, 0.3) is 5.69 Å². The van der Waals surface area contributed by atoms with Gasteiger partial charge >= 0.3 is 5.97 Å². The number of hydrogen-bond acceptors (Lipinski definition) is 9. The van der Waals surface area contributed by atoms with Crippen molar-refractivity contribution in [1.82, 2.24) is 0 Å². The van der Waals surface area contributed by atoms with Crippen molar-refractivity contribution in [3.05, 3.63) is 57.1 Å². The molecule has 0 radical (unpaired) electrons. The lowest BCUT2D eigenvalue weighted by molar-refractivity contribution is -0.385. The molecule has 0 unspecified atom stereocenters. The van der Waals surface area contributed by atoms with Crippen molar-refractivity contribution < 1.29 is 38.2 Å². The Morgan fingerprint density at radius 2 is 1.84 bits per heavy atom. The molecule has 0 aliphatic carbocycles. The molecule has 10 heteroatoms. The van der Waals surface area contributed by atoms with Gasteiger partial charge in [-0.25, -0.2) is 0 Å². The van der Waals surface area contributed by atoms with Crippen LogP contribution in [0.5, 0.6) is 17.2 Å². The second-order valence-electron chi connectivity index (χ2n) is 6.90. The van der Waals surface area contributed by atoms with Crippen molar-refractivity contribution in [2.45, 2.75) is 26.1 Å². The van der Waals surface area contributed by atoms with Gasteiger partial charge < -0.3 is 23.7 Å². The van der Waals surface area contributed by atoms with Crippen LogP contribution in [0.3, 0.4) is 0 Å². The quantitative estimate of drug-likeness (QED) is 0.283. The van der Waals surface area contributed by atoms with E-state index in [0.29, 0.717) is 47.2 Å². The first-order chi connectivity index (χ1) is 15.0. The standard InChI is InChI=1S/C21H19NO9/c23-17(13-1-3-18-19(9-13)29-6-5-28-18)2-4-20(24)30-11-15-8-16(22(25)26)7-14-10-27-12-31-21(14)15/h1,3,7-9H,2,4-6,10-12H2. The summed E-state index contributed by atoms with van der Waals surface area (Å²) in [7, 11) is 0. The summed E-state index contributed by atoms with van der Waals surface area (Å²) in [5.41, 5.74) is 1.16. The molecule has 2 heterocycles. The van der Waals surface area contributed by atoms with Gasteiger partial charge in [0.2, 0.25) is 0 Å². The van der Waals surface area contributed by atoms with Crippen LogP contribution < -0.4 is 14.2 Å². The predicted octanol–water partition coefficient (Wildman–Crippen LogP) is 2.94. The lowest BCUT2D eigenvalue weighted by Crippen LogP contribution is -2.16. The van der Waals surface area contributed by atoms with Crippen LogP contribution in [-0.2, 0) is 27.5 Å². The van der Waals surface area contributed by atoms with Gasteiger partial charge in [-0.3, -0.25) is 19.7 Å². The van der Waals surface area contributed by atoms with E-state index in [1.807, 2.05) is 0 Å². The van der Waals surface area contributed by atoms with Crippen LogP contribution in [0, 0.1) is 10.1 Å². The second kappa shape index (κ2) is 9.00. The highest BCUT2D eigenvalue weighted by Crippen LogP contribution is 2.33. The first-order valence-corrected chi connectivity index (χ1v) is 9.60. The molecule has 31 heavy (non-hydrogen) atoms. The van der Waals surface area contributed by atoms with Crippen LogP contribution in [0.4, 0.5) is 5.69 Å². The molecule has 0 N–H and O–H groups in total. The molecular weight excluding hydrogens is 410 g/mol. The fraction of sp³-hybridized carbons (Fsp3) is 0.333. The number of ether oxygens (including phenoxy) is 5. The number of ketones is 1. The van der Waals surface area contributed by atoms with E-state index in [4.69, 9.17) is 23.7 Å². The van der Waals surface area contributed by atoms with E-state index < -0.39 is 10.9 Å². The predicted molar refractivity (Wildman–Crippen MR) is 104 cm³/mol. The number of esters is 1. The lowest BCUT2D eigenvalue weighted by Gasteiger charge is -2.20. The van der Waals surface area contributed by atoms with E-state index in [1.165, 1.54) is 12.1 Å². The molecule has 0 bridgehead atoms. The molecule has 2 aromatic carbocycles. The molecule has 0 fully saturated rings. The Bertz CT molecular complexity index is 1030. The summed E-state index contributed by atoms with van der Waals surface area (Å²) >= 11 is 0. The van der Waals surface area contributed by atoms with E-state index in [2.05, 4.69) is 0 Å². The van der Waals surface area contributed by atoms with Crippen LogP contribution in [0.15, 0.2) is 30.3 Å². The zero-order chi connectivity index (χ0) is 21.8. The average Bonchev–Trinajstić information content (AvgIpc) is 2.80. The number of carbonyl (C=O) groups excluding carboxylic acids is 2. The summed E-state index contributed by atoms with van der Waals surface area (Å²) in [6.45, 7) is 0.838. The van der Waals surface area contributed by atoms with E-state index in [-0.39, 0.29) is 44.3 Å². The first kappa shape index (κ1) is 20.6. The third kappa shape index (κ3) is 4.75. The number of nitro benzene ring substituents is 1. The number of carbonyl (C=O) groups is 2. The maximum absolute atomic E-state index is 12.4. The topological polar surface area (TPSA) is 123 Å². The van der Waals surface area contributed by atoms with Gasteiger partial charge in [-0.1, -0.05) is 0 Å². The Labute approximate surface area is 176 Å². The minimum atomic E-state index is -0.599. The Morgan fingerprint density at radius 1 is 1.03 bits per heavy atom. The van der Waals surface area contributed by atoms with Crippen LogP contribution in [0.25, 0.3) is 0 Å². The molecule has 0 saturated carbocycles. The monoisotopic (exact) mass is 429 g/mol. The number of nitrogens with zero attached hydrogens (tertiary/aromatic N) is 1. The smallest absolute Gasteiger partial charge is 0.306 e. The molecule has 0 aromatic heterocycles. The Morgan fingerprint density at radius 3 is 2.65 bits per heavy atom. The van der Waals surface area contributed by atoms with Gasteiger partial charge in [0.05, 0.1) is 18.0 Å². The normalized spacial score (nSPS) is 14.2. The van der Waals surface area contributed by atoms with Gasteiger partial charge in [-0.15, -0.1) is 0 Å². The highest BCUT2D eigenvalue weighted by Gasteiger charge is 2.22. The van der Waals surface area contributed by atoms with Gasteiger partial charge in [0.1, 0.15) is 25.6 Å². The number of nitro groups is 1. The number of fused-ring (bicyclic) bond motifs is 2. The Hall–Kier alpha value is -3.66. The summed E-state index contributed by atoms with van der Waals surface area (Å²) in [6, 6.07) is 7.55. The number of hydrogen-bond donors (Lipinski definition) is 0. The van der Waals surface area contributed by atoms with Crippen molar-refractivity contribution in [3.8, 4) is 17.2 Å². The first-order valence-electron chi connectivity index (χ1n) is 9.60. The fourth-order valence-corrected chi connectivity index (χ4v) is 3.30. The van der Waals surface area contributed by atoms with Crippen molar-refractivity contribution >= 4 is 17.4 Å². The zero-order valence-corrected chi connectivity index (χ0v) is 16.5. The molecule has 2 aliphatic heterocycles. The van der Waals surface area contributed by atoms with Crippen molar-refractivity contribution in [1.29, 1.82) is 0 Å².